The predicted octanol–water partition coefficient (Wildman–Crippen LogP) is 4.75. The van der Waals surface area contributed by atoms with Gasteiger partial charge >= 0.3 is 0 Å². The van der Waals surface area contributed by atoms with E-state index >= 15 is 0 Å². The summed E-state index contributed by atoms with van der Waals surface area (Å²) in [6.45, 7) is 4.00. The number of ether oxygens (including phenoxy) is 2. The molecule has 0 aromatic heterocycles. The molecule has 2 amide bonds. The molecule has 1 saturated heterocycles. The van der Waals surface area contributed by atoms with E-state index in [9.17, 15) is 9.59 Å². The monoisotopic (exact) mass is 472 g/mol. The summed E-state index contributed by atoms with van der Waals surface area (Å²) in [5.74, 6) is 1.28. The zero-order valence-electron chi connectivity index (χ0n) is 20.3. The molecule has 3 aromatic rings. The molecular weight excluding hydrogens is 440 g/mol. The van der Waals surface area contributed by atoms with Crippen LogP contribution in [0.2, 0.25) is 0 Å². The number of methoxy groups -OCH3 is 1. The lowest BCUT2D eigenvalue weighted by Gasteiger charge is -2.31. The molecule has 0 atom stereocenters. The minimum atomic E-state index is -0.0914. The Balaban J connectivity index is 1.27. The van der Waals surface area contributed by atoms with E-state index in [1.54, 1.807) is 7.11 Å². The Labute approximate surface area is 206 Å². The highest BCUT2D eigenvalue weighted by Crippen LogP contribution is 2.29. The first kappa shape index (κ1) is 24.3. The number of hydrogen-bond acceptors (Lipinski definition) is 4. The zero-order chi connectivity index (χ0) is 24.6. The van der Waals surface area contributed by atoms with Gasteiger partial charge in [0.2, 0.25) is 5.91 Å². The van der Waals surface area contributed by atoms with Gasteiger partial charge in [-0.2, -0.15) is 0 Å². The second kappa shape index (κ2) is 11.6. The summed E-state index contributed by atoms with van der Waals surface area (Å²) < 4.78 is 11.4. The number of aryl methyl sites for hydroxylation is 1. The fraction of sp³-hybridized carbons (Fsp3) is 0.310. The van der Waals surface area contributed by atoms with Crippen LogP contribution in [-0.2, 0) is 17.9 Å². The highest BCUT2D eigenvalue weighted by Gasteiger charge is 2.28. The lowest BCUT2D eigenvalue weighted by molar-refractivity contribution is -0.126. The molecule has 0 bridgehead atoms. The molecule has 6 nitrogen and oxygen atoms in total. The van der Waals surface area contributed by atoms with Crippen LogP contribution in [0.15, 0.2) is 72.8 Å². The summed E-state index contributed by atoms with van der Waals surface area (Å²) in [5.41, 5.74) is 3.73. The molecule has 35 heavy (non-hydrogen) atoms. The van der Waals surface area contributed by atoms with Gasteiger partial charge in [0.15, 0.2) is 11.5 Å². The molecule has 4 rings (SSSR count). The number of carbonyl (C=O) groups is 2. The summed E-state index contributed by atoms with van der Waals surface area (Å²) in [5, 5.41) is 3.04. The van der Waals surface area contributed by atoms with E-state index in [2.05, 4.69) is 5.32 Å². The van der Waals surface area contributed by atoms with E-state index in [0.717, 1.165) is 22.3 Å². The molecule has 0 unspecified atom stereocenters. The van der Waals surface area contributed by atoms with Gasteiger partial charge in [-0.15, -0.1) is 0 Å². The number of hydrogen-bond donors (Lipinski definition) is 1. The lowest BCUT2D eigenvalue weighted by Crippen LogP contribution is -2.43. The molecule has 0 radical (unpaired) electrons. The predicted molar refractivity (Wildman–Crippen MR) is 135 cm³/mol. The van der Waals surface area contributed by atoms with Gasteiger partial charge in [-0.3, -0.25) is 9.59 Å². The van der Waals surface area contributed by atoms with E-state index in [1.165, 1.54) is 0 Å². The number of nitrogens with one attached hydrogen (secondary N) is 1. The minimum absolute atomic E-state index is 0.0244. The number of piperidine rings is 1. The quantitative estimate of drug-likeness (QED) is 0.514. The molecule has 1 aliphatic rings. The Morgan fingerprint density at radius 3 is 2.34 bits per heavy atom. The number of likely N-dealkylation sites (tertiary alicyclic amines) is 1. The molecule has 0 saturated carbocycles. The smallest absolute Gasteiger partial charge is 0.254 e. The van der Waals surface area contributed by atoms with Crippen LogP contribution in [0.25, 0.3) is 0 Å². The van der Waals surface area contributed by atoms with E-state index < -0.39 is 0 Å². The minimum Gasteiger partial charge on any atom is -0.493 e. The second-order valence-electron chi connectivity index (χ2n) is 8.86. The summed E-state index contributed by atoms with van der Waals surface area (Å²) in [4.78, 5) is 27.5. The maximum absolute atomic E-state index is 12.8. The third-order valence-corrected chi connectivity index (χ3v) is 6.46. The Bertz CT molecular complexity index is 1150. The second-order valence-corrected chi connectivity index (χ2v) is 8.86. The molecule has 0 spiro atoms. The summed E-state index contributed by atoms with van der Waals surface area (Å²) in [7, 11) is 1.61. The molecular formula is C29H32N2O4. The van der Waals surface area contributed by atoms with Crippen LogP contribution in [0.4, 0.5) is 0 Å². The van der Waals surface area contributed by atoms with Crippen molar-refractivity contribution in [2.75, 3.05) is 20.2 Å². The number of carbonyl (C=O) groups excluding carboxylic acids is 2. The van der Waals surface area contributed by atoms with Crippen molar-refractivity contribution in [3.05, 3.63) is 95.1 Å². The highest BCUT2D eigenvalue weighted by atomic mass is 16.5. The van der Waals surface area contributed by atoms with Gasteiger partial charge in [0, 0.05) is 31.1 Å². The number of benzene rings is 3. The van der Waals surface area contributed by atoms with Gasteiger partial charge in [0.1, 0.15) is 6.61 Å². The van der Waals surface area contributed by atoms with Crippen molar-refractivity contribution in [2.45, 2.75) is 32.9 Å². The van der Waals surface area contributed by atoms with Crippen molar-refractivity contribution < 1.29 is 19.1 Å². The van der Waals surface area contributed by atoms with Crippen LogP contribution in [0, 0.1) is 12.8 Å². The maximum atomic E-state index is 12.8. The van der Waals surface area contributed by atoms with E-state index in [0.29, 0.717) is 50.6 Å². The largest absolute Gasteiger partial charge is 0.493 e. The standard InChI is InChI=1S/C29H32N2O4/c1-21-8-6-7-11-25(21)29(33)31-16-14-24(15-17-31)28(32)30-19-23-12-13-26(27(18-23)34-2)35-20-22-9-4-3-5-10-22/h3-13,18,24H,14-17,19-20H2,1-2H3,(H,30,32). The molecule has 1 aliphatic heterocycles. The lowest BCUT2D eigenvalue weighted by atomic mass is 9.95. The Hall–Kier alpha value is -3.80. The first-order valence-corrected chi connectivity index (χ1v) is 12.0. The van der Waals surface area contributed by atoms with Crippen molar-refractivity contribution >= 4 is 11.8 Å². The average Bonchev–Trinajstić information content (AvgIpc) is 2.91. The molecule has 6 heteroatoms. The maximum Gasteiger partial charge on any atom is 0.254 e. The van der Waals surface area contributed by atoms with Gasteiger partial charge in [-0.1, -0.05) is 54.6 Å². The van der Waals surface area contributed by atoms with Crippen LogP contribution in [0.5, 0.6) is 11.5 Å². The van der Waals surface area contributed by atoms with Gasteiger partial charge in [-0.05, 0) is 54.7 Å². The molecule has 1 heterocycles. The van der Waals surface area contributed by atoms with Crippen LogP contribution < -0.4 is 14.8 Å². The van der Waals surface area contributed by atoms with Gasteiger partial charge in [0.25, 0.3) is 5.91 Å². The highest BCUT2D eigenvalue weighted by molar-refractivity contribution is 5.95. The number of rotatable bonds is 8. The van der Waals surface area contributed by atoms with Crippen LogP contribution >= 0.6 is 0 Å². The van der Waals surface area contributed by atoms with Crippen molar-refractivity contribution in [1.29, 1.82) is 0 Å². The third kappa shape index (κ3) is 6.21. The molecule has 182 valence electrons. The van der Waals surface area contributed by atoms with Gasteiger partial charge < -0.3 is 19.7 Å². The summed E-state index contributed by atoms with van der Waals surface area (Å²) >= 11 is 0. The molecule has 3 aromatic carbocycles. The van der Waals surface area contributed by atoms with Gasteiger partial charge in [-0.25, -0.2) is 0 Å². The normalized spacial score (nSPS) is 13.8. The van der Waals surface area contributed by atoms with E-state index in [1.807, 2.05) is 84.6 Å². The Kier molecular flexibility index (Phi) is 8.03. The number of nitrogens with zero attached hydrogens (tertiary/aromatic N) is 1. The summed E-state index contributed by atoms with van der Waals surface area (Å²) in [6.07, 6.45) is 1.33. The first-order valence-electron chi connectivity index (χ1n) is 12.0. The third-order valence-electron chi connectivity index (χ3n) is 6.46. The van der Waals surface area contributed by atoms with Crippen molar-refractivity contribution in [1.82, 2.24) is 10.2 Å². The molecule has 1 N–H and O–H groups in total. The Morgan fingerprint density at radius 1 is 0.914 bits per heavy atom. The van der Waals surface area contributed by atoms with E-state index in [4.69, 9.17) is 9.47 Å². The summed E-state index contributed by atoms with van der Waals surface area (Å²) in [6, 6.07) is 23.3. The zero-order valence-corrected chi connectivity index (χ0v) is 20.3. The average molecular weight is 473 g/mol. The number of amides is 2. The molecule has 1 fully saturated rings. The van der Waals surface area contributed by atoms with Crippen molar-refractivity contribution in [2.24, 2.45) is 5.92 Å². The topological polar surface area (TPSA) is 67.9 Å². The van der Waals surface area contributed by atoms with Gasteiger partial charge in [0.05, 0.1) is 7.11 Å². The fourth-order valence-electron chi connectivity index (χ4n) is 4.34. The fourth-order valence-corrected chi connectivity index (χ4v) is 4.34. The van der Waals surface area contributed by atoms with E-state index in [-0.39, 0.29) is 17.7 Å². The van der Waals surface area contributed by atoms with Crippen molar-refractivity contribution in [3.8, 4) is 11.5 Å². The SMILES string of the molecule is COc1cc(CNC(=O)C2CCN(C(=O)c3ccccc3C)CC2)ccc1OCc1ccccc1. The van der Waals surface area contributed by atoms with Crippen LogP contribution in [-0.4, -0.2) is 36.9 Å². The molecule has 0 aliphatic carbocycles. The Morgan fingerprint density at radius 2 is 1.63 bits per heavy atom. The van der Waals surface area contributed by atoms with Crippen LogP contribution in [0.3, 0.4) is 0 Å². The first-order chi connectivity index (χ1) is 17.0. The van der Waals surface area contributed by atoms with Crippen molar-refractivity contribution in [3.63, 3.8) is 0 Å². The van der Waals surface area contributed by atoms with Crippen LogP contribution in [0.1, 0.15) is 39.9 Å².